The van der Waals surface area contributed by atoms with Gasteiger partial charge >= 0.3 is 5.97 Å². The molecule has 0 spiro atoms. The number of carbonyl (C=O) groups is 1. The number of hydrogen-bond donors (Lipinski definition) is 1. The largest absolute Gasteiger partial charge is 0.506 e. The lowest BCUT2D eigenvalue weighted by Crippen LogP contribution is -2.12. The van der Waals surface area contributed by atoms with E-state index in [1.165, 1.54) is 21.3 Å². The number of thioether (sulfide) groups is 1. The average Bonchev–Trinajstić information content (AvgIpc) is 3.09. The van der Waals surface area contributed by atoms with Gasteiger partial charge in [0, 0.05) is 5.02 Å². The normalized spacial score (nSPS) is 15.9. The number of nitrogens with zero attached hydrogens (tertiary/aromatic N) is 1. The van der Waals surface area contributed by atoms with Crippen LogP contribution in [0.4, 0.5) is 5.69 Å². The van der Waals surface area contributed by atoms with Crippen LogP contribution >= 0.6 is 23.4 Å². The molecular weight excluding hydrogens is 454 g/mol. The summed E-state index contributed by atoms with van der Waals surface area (Å²) in [5.74, 6) is 0.512. The van der Waals surface area contributed by atoms with Crippen LogP contribution in [-0.2, 0) is 9.53 Å². The summed E-state index contributed by atoms with van der Waals surface area (Å²) in [5.41, 5.74) is 1.26. The zero-order valence-electron chi connectivity index (χ0n) is 18.0. The van der Waals surface area contributed by atoms with Gasteiger partial charge < -0.3 is 24.1 Å². The van der Waals surface area contributed by atoms with Crippen LogP contribution in [0.25, 0.3) is 6.08 Å². The molecular formula is C23H22ClNO6S. The van der Waals surface area contributed by atoms with Crippen LogP contribution in [0.1, 0.15) is 12.5 Å². The smallest absolute Gasteiger partial charge is 0.344 e. The van der Waals surface area contributed by atoms with Crippen molar-refractivity contribution in [3.05, 3.63) is 63.2 Å². The van der Waals surface area contributed by atoms with E-state index in [9.17, 15) is 9.90 Å². The lowest BCUT2D eigenvalue weighted by atomic mass is 10.1. The van der Waals surface area contributed by atoms with Gasteiger partial charge in [0.1, 0.15) is 16.4 Å². The third-order valence-corrected chi connectivity index (χ3v) is 5.68. The molecule has 1 heterocycles. The van der Waals surface area contributed by atoms with Crippen molar-refractivity contribution in [3.63, 3.8) is 0 Å². The SMILES string of the molecule is CCOC(=O)C1=C(O)/C(=C\c2cc(OC)c(OC)c(OC)c2)SC1=Nc1ccc(Cl)cc1. The van der Waals surface area contributed by atoms with E-state index in [-0.39, 0.29) is 17.9 Å². The molecule has 1 aliphatic rings. The zero-order chi connectivity index (χ0) is 23.3. The van der Waals surface area contributed by atoms with Crippen molar-refractivity contribution in [1.29, 1.82) is 0 Å². The molecule has 0 aromatic heterocycles. The number of aliphatic imine (C=N–C) groups is 1. The summed E-state index contributed by atoms with van der Waals surface area (Å²) in [6, 6.07) is 10.3. The van der Waals surface area contributed by atoms with Gasteiger partial charge in [0.25, 0.3) is 0 Å². The first kappa shape index (κ1) is 23.6. The Labute approximate surface area is 195 Å². The van der Waals surface area contributed by atoms with Crippen LogP contribution in [0.2, 0.25) is 5.02 Å². The fourth-order valence-electron chi connectivity index (χ4n) is 2.96. The maximum atomic E-state index is 12.6. The van der Waals surface area contributed by atoms with Crippen LogP contribution in [0.3, 0.4) is 0 Å². The molecule has 0 bridgehead atoms. The van der Waals surface area contributed by atoms with Crippen molar-refractivity contribution < 1.29 is 28.8 Å². The van der Waals surface area contributed by atoms with Crippen molar-refractivity contribution in [2.75, 3.05) is 27.9 Å². The summed E-state index contributed by atoms with van der Waals surface area (Å²) < 4.78 is 21.3. The number of benzene rings is 2. The number of esters is 1. The highest BCUT2D eigenvalue weighted by Gasteiger charge is 2.33. The number of aliphatic hydroxyl groups is 1. The fraction of sp³-hybridized carbons (Fsp3) is 0.217. The third kappa shape index (κ3) is 5.03. The molecule has 0 atom stereocenters. The maximum absolute atomic E-state index is 12.6. The molecule has 168 valence electrons. The molecule has 0 fully saturated rings. The third-order valence-electron chi connectivity index (χ3n) is 4.41. The molecule has 7 nitrogen and oxygen atoms in total. The summed E-state index contributed by atoms with van der Waals surface area (Å²) in [6.45, 7) is 1.86. The van der Waals surface area contributed by atoms with Gasteiger partial charge in [-0.05, 0) is 55.0 Å². The van der Waals surface area contributed by atoms with Crippen LogP contribution in [0.15, 0.2) is 57.6 Å². The molecule has 0 radical (unpaired) electrons. The lowest BCUT2D eigenvalue weighted by molar-refractivity contribution is -0.138. The van der Waals surface area contributed by atoms with Crippen molar-refractivity contribution in [3.8, 4) is 17.2 Å². The number of rotatable bonds is 7. The molecule has 0 aliphatic carbocycles. The Bertz CT molecular complexity index is 1080. The highest BCUT2D eigenvalue weighted by molar-refractivity contribution is 8.18. The van der Waals surface area contributed by atoms with Crippen molar-refractivity contribution in [2.45, 2.75) is 6.92 Å². The Kier molecular flexibility index (Phi) is 7.71. The number of ether oxygens (including phenoxy) is 4. The van der Waals surface area contributed by atoms with Gasteiger partial charge in [-0.1, -0.05) is 23.4 Å². The van der Waals surface area contributed by atoms with E-state index in [0.29, 0.717) is 43.5 Å². The molecule has 0 amide bonds. The van der Waals surface area contributed by atoms with Crippen LogP contribution in [0.5, 0.6) is 17.2 Å². The second kappa shape index (κ2) is 10.5. The van der Waals surface area contributed by atoms with Gasteiger partial charge in [-0.2, -0.15) is 0 Å². The minimum atomic E-state index is -0.654. The van der Waals surface area contributed by atoms with Crippen LogP contribution < -0.4 is 14.2 Å². The first-order valence-electron chi connectivity index (χ1n) is 9.56. The Balaban J connectivity index is 2.08. The minimum Gasteiger partial charge on any atom is -0.506 e. The molecule has 0 saturated carbocycles. The minimum absolute atomic E-state index is 0.00508. The van der Waals surface area contributed by atoms with E-state index in [1.807, 2.05) is 0 Å². The van der Waals surface area contributed by atoms with E-state index in [0.717, 1.165) is 11.8 Å². The van der Waals surface area contributed by atoms with Crippen molar-refractivity contribution >= 4 is 46.1 Å². The average molecular weight is 476 g/mol. The molecule has 9 heteroatoms. The Morgan fingerprint density at radius 3 is 2.25 bits per heavy atom. The van der Waals surface area contributed by atoms with Gasteiger partial charge in [-0.3, -0.25) is 0 Å². The summed E-state index contributed by atoms with van der Waals surface area (Å²) in [4.78, 5) is 17.5. The second-order valence-corrected chi connectivity index (χ2v) is 7.87. The number of aliphatic hydroxyl groups excluding tert-OH is 1. The Morgan fingerprint density at radius 1 is 1.09 bits per heavy atom. The van der Waals surface area contributed by atoms with E-state index in [1.54, 1.807) is 49.4 Å². The summed E-state index contributed by atoms with van der Waals surface area (Å²) in [5, 5.41) is 11.7. The van der Waals surface area contributed by atoms with Gasteiger partial charge in [0.2, 0.25) is 5.75 Å². The van der Waals surface area contributed by atoms with Crippen molar-refractivity contribution in [1.82, 2.24) is 0 Å². The zero-order valence-corrected chi connectivity index (χ0v) is 19.5. The highest BCUT2D eigenvalue weighted by atomic mass is 35.5. The number of methoxy groups -OCH3 is 3. The summed E-state index contributed by atoms with van der Waals surface area (Å²) in [7, 11) is 4.56. The topological polar surface area (TPSA) is 86.6 Å². The van der Waals surface area contributed by atoms with Crippen LogP contribution in [0, 0.1) is 0 Å². The monoisotopic (exact) mass is 475 g/mol. The predicted molar refractivity (Wildman–Crippen MR) is 127 cm³/mol. The number of carbonyl (C=O) groups excluding carboxylic acids is 1. The summed E-state index contributed by atoms with van der Waals surface area (Å²) >= 11 is 7.09. The predicted octanol–water partition coefficient (Wildman–Crippen LogP) is 5.56. The van der Waals surface area contributed by atoms with Crippen molar-refractivity contribution in [2.24, 2.45) is 4.99 Å². The highest BCUT2D eigenvalue weighted by Crippen LogP contribution is 2.43. The molecule has 32 heavy (non-hydrogen) atoms. The van der Waals surface area contributed by atoms with E-state index >= 15 is 0 Å². The van der Waals surface area contributed by atoms with Gasteiger partial charge in [-0.15, -0.1) is 0 Å². The Hall–Kier alpha value is -3.10. The second-order valence-electron chi connectivity index (χ2n) is 6.41. The van der Waals surface area contributed by atoms with E-state index in [4.69, 9.17) is 30.5 Å². The molecule has 2 aromatic carbocycles. The molecule has 0 unspecified atom stereocenters. The Morgan fingerprint density at radius 2 is 1.72 bits per heavy atom. The molecule has 3 rings (SSSR count). The fourth-order valence-corrected chi connectivity index (χ4v) is 4.12. The first-order valence-corrected chi connectivity index (χ1v) is 10.8. The van der Waals surface area contributed by atoms with E-state index in [2.05, 4.69) is 4.99 Å². The van der Waals surface area contributed by atoms with Gasteiger partial charge in [0.15, 0.2) is 11.5 Å². The molecule has 2 aromatic rings. The quantitative estimate of drug-likeness (QED) is 0.524. The number of hydrogen-bond acceptors (Lipinski definition) is 8. The van der Waals surface area contributed by atoms with Crippen LogP contribution in [-0.4, -0.2) is 44.1 Å². The van der Waals surface area contributed by atoms with E-state index < -0.39 is 5.97 Å². The maximum Gasteiger partial charge on any atom is 0.344 e. The summed E-state index contributed by atoms with van der Waals surface area (Å²) in [6.07, 6.45) is 1.70. The standard InChI is InChI=1S/C23H22ClNO6S/c1-5-31-23(27)19-20(26)18(32-22(19)25-15-8-6-14(24)7-9-15)12-13-10-16(28-2)21(30-4)17(11-13)29-3/h6-12,26H,5H2,1-4H3/b18-12+,25-22?. The van der Waals surface area contributed by atoms with Gasteiger partial charge in [0.05, 0.1) is 38.5 Å². The lowest BCUT2D eigenvalue weighted by Gasteiger charge is -2.13. The molecule has 1 aliphatic heterocycles. The molecule has 1 N–H and O–H groups in total. The first-order chi connectivity index (χ1) is 15.4. The number of halogens is 1. The molecule has 0 saturated heterocycles. The van der Waals surface area contributed by atoms with Gasteiger partial charge in [-0.25, -0.2) is 9.79 Å².